The maximum atomic E-state index is 9.20. The second-order valence-electron chi connectivity index (χ2n) is 4.47. The number of unbranched alkanes of at least 4 members (excludes halogenated alkanes) is 1. The number of nitriles is 1. The Hall–Kier alpha value is -1.67. The summed E-state index contributed by atoms with van der Waals surface area (Å²) in [6, 6.07) is 2.33. The molecule has 1 unspecified atom stereocenters. The molecule has 5 heteroatoms. The van der Waals surface area contributed by atoms with Crippen LogP contribution in [0.4, 0.5) is 5.82 Å². The fourth-order valence-electron chi connectivity index (χ4n) is 1.74. The predicted octanol–water partition coefficient (Wildman–Crippen LogP) is 1.89. The van der Waals surface area contributed by atoms with E-state index in [0.29, 0.717) is 17.9 Å². The number of anilines is 1. The first-order valence-electron chi connectivity index (χ1n) is 6.34. The molecule has 0 saturated carbocycles. The summed E-state index contributed by atoms with van der Waals surface area (Å²) in [5, 5.41) is 20.5. The average molecular weight is 247 g/mol. The van der Waals surface area contributed by atoms with E-state index >= 15 is 0 Å². The topological polar surface area (TPSA) is 87.6 Å². The van der Waals surface area contributed by atoms with Crippen molar-refractivity contribution in [1.82, 2.24) is 10.2 Å². The maximum absolute atomic E-state index is 9.20. The minimum Gasteiger partial charge on any atom is -0.363 e. The van der Waals surface area contributed by atoms with Gasteiger partial charge in [0.25, 0.3) is 0 Å². The van der Waals surface area contributed by atoms with E-state index < -0.39 is 0 Å². The van der Waals surface area contributed by atoms with Gasteiger partial charge in [-0.05, 0) is 25.8 Å². The van der Waals surface area contributed by atoms with Crippen molar-refractivity contribution in [3.8, 4) is 6.07 Å². The Kier molecular flexibility index (Phi) is 5.53. The molecule has 1 rings (SSSR count). The number of aryl methyl sites for hydroxylation is 1. The van der Waals surface area contributed by atoms with Gasteiger partial charge in [0, 0.05) is 12.6 Å². The smallest absolute Gasteiger partial charge is 0.167 e. The quantitative estimate of drug-likeness (QED) is 0.801. The second-order valence-corrected chi connectivity index (χ2v) is 4.47. The van der Waals surface area contributed by atoms with Crippen LogP contribution in [0.2, 0.25) is 0 Å². The number of nitrogens with two attached hydrogens (primary N) is 1. The molecule has 1 heterocycles. The lowest BCUT2D eigenvalue weighted by molar-refractivity contribution is 0.611. The van der Waals surface area contributed by atoms with Crippen LogP contribution in [0.3, 0.4) is 0 Å². The predicted molar refractivity (Wildman–Crippen MR) is 72.2 cm³/mol. The van der Waals surface area contributed by atoms with Crippen molar-refractivity contribution in [3.05, 3.63) is 16.8 Å². The van der Waals surface area contributed by atoms with Crippen LogP contribution >= 0.6 is 0 Å². The summed E-state index contributed by atoms with van der Waals surface area (Å²) >= 11 is 0. The molecule has 0 amide bonds. The van der Waals surface area contributed by atoms with Crippen LogP contribution in [0.15, 0.2) is 0 Å². The van der Waals surface area contributed by atoms with E-state index in [4.69, 9.17) is 5.73 Å². The third-order valence-electron chi connectivity index (χ3n) is 3.10. The first kappa shape index (κ1) is 14.4. The van der Waals surface area contributed by atoms with Gasteiger partial charge in [0.2, 0.25) is 0 Å². The SMILES string of the molecule is CCCCC(CN)Nc1nnc(C)c(C)c1C#N. The molecule has 0 fully saturated rings. The lowest BCUT2D eigenvalue weighted by Gasteiger charge is -2.18. The largest absolute Gasteiger partial charge is 0.363 e. The number of aromatic nitrogens is 2. The van der Waals surface area contributed by atoms with E-state index in [1.54, 1.807) is 0 Å². The molecular formula is C13H21N5. The Morgan fingerprint density at radius 2 is 2.11 bits per heavy atom. The highest BCUT2D eigenvalue weighted by molar-refractivity contribution is 5.56. The van der Waals surface area contributed by atoms with E-state index in [0.717, 1.165) is 30.5 Å². The van der Waals surface area contributed by atoms with Gasteiger partial charge in [0.05, 0.1) is 5.69 Å². The summed E-state index contributed by atoms with van der Waals surface area (Å²) < 4.78 is 0. The molecule has 0 aliphatic rings. The van der Waals surface area contributed by atoms with Gasteiger partial charge < -0.3 is 11.1 Å². The van der Waals surface area contributed by atoms with Gasteiger partial charge in [-0.3, -0.25) is 0 Å². The number of nitrogens with zero attached hydrogens (tertiary/aromatic N) is 3. The highest BCUT2D eigenvalue weighted by Crippen LogP contribution is 2.18. The van der Waals surface area contributed by atoms with Crippen LogP contribution in [0.1, 0.15) is 43.0 Å². The van der Waals surface area contributed by atoms with Gasteiger partial charge >= 0.3 is 0 Å². The molecule has 0 spiro atoms. The van der Waals surface area contributed by atoms with Gasteiger partial charge in [0.15, 0.2) is 5.82 Å². The standard InChI is InChI=1S/C13H21N5/c1-4-5-6-11(7-14)16-13-12(8-15)9(2)10(3)17-18-13/h11H,4-7,14H2,1-3H3,(H,16,18). The summed E-state index contributed by atoms with van der Waals surface area (Å²) in [6.45, 7) is 6.41. The van der Waals surface area contributed by atoms with Crippen LogP contribution < -0.4 is 11.1 Å². The van der Waals surface area contributed by atoms with Crippen LogP contribution in [-0.4, -0.2) is 22.8 Å². The molecule has 0 bridgehead atoms. The molecule has 18 heavy (non-hydrogen) atoms. The molecule has 1 aromatic rings. The van der Waals surface area contributed by atoms with E-state index in [1.165, 1.54) is 0 Å². The first-order chi connectivity index (χ1) is 8.63. The van der Waals surface area contributed by atoms with Gasteiger partial charge in [-0.25, -0.2) is 0 Å². The molecule has 0 aliphatic carbocycles. The minimum absolute atomic E-state index is 0.147. The number of rotatable bonds is 6. The molecule has 0 aromatic carbocycles. The number of hydrogen-bond acceptors (Lipinski definition) is 5. The fraction of sp³-hybridized carbons (Fsp3) is 0.615. The van der Waals surface area contributed by atoms with Crippen LogP contribution in [0, 0.1) is 25.2 Å². The zero-order chi connectivity index (χ0) is 13.5. The molecule has 0 radical (unpaired) electrons. The highest BCUT2D eigenvalue weighted by Gasteiger charge is 2.14. The van der Waals surface area contributed by atoms with Crippen molar-refractivity contribution in [2.45, 2.75) is 46.1 Å². The Morgan fingerprint density at radius 1 is 1.39 bits per heavy atom. The molecule has 0 aliphatic heterocycles. The monoisotopic (exact) mass is 247 g/mol. The zero-order valence-corrected chi connectivity index (χ0v) is 11.3. The van der Waals surface area contributed by atoms with E-state index in [9.17, 15) is 5.26 Å². The minimum atomic E-state index is 0.147. The molecule has 0 saturated heterocycles. The van der Waals surface area contributed by atoms with Crippen molar-refractivity contribution >= 4 is 5.82 Å². The fourth-order valence-corrected chi connectivity index (χ4v) is 1.74. The van der Waals surface area contributed by atoms with Crippen LogP contribution in [0.5, 0.6) is 0 Å². The summed E-state index contributed by atoms with van der Waals surface area (Å²) in [5.41, 5.74) is 7.96. The third kappa shape index (κ3) is 3.41. The molecule has 1 atom stereocenters. The molecule has 5 nitrogen and oxygen atoms in total. The van der Waals surface area contributed by atoms with E-state index in [2.05, 4.69) is 28.5 Å². The zero-order valence-electron chi connectivity index (χ0n) is 11.3. The summed E-state index contributed by atoms with van der Waals surface area (Å²) in [5.74, 6) is 0.548. The lowest BCUT2D eigenvalue weighted by Crippen LogP contribution is -2.30. The molecule has 3 N–H and O–H groups in total. The maximum Gasteiger partial charge on any atom is 0.167 e. The van der Waals surface area contributed by atoms with Crippen molar-refractivity contribution in [2.24, 2.45) is 5.73 Å². The van der Waals surface area contributed by atoms with Crippen LogP contribution in [0.25, 0.3) is 0 Å². The summed E-state index contributed by atoms with van der Waals surface area (Å²) in [6.07, 6.45) is 3.21. The first-order valence-corrected chi connectivity index (χ1v) is 6.34. The summed E-state index contributed by atoms with van der Waals surface area (Å²) in [4.78, 5) is 0. The third-order valence-corrected chi connectivity index (χ3v) is 3.10. The van der Waals surface area contributed by atoms with Crippen LogP contribution in [-0.2, 0) is 0 Å². The van der Waals surface area contributed by atoms with Gasteiger partial charge in [-0.2, -0.15) is 10.4 Å². The van der Waals surface area contributed by atoms with Crippen molar-refractivity contribution in [1.29, 1.82) is 5.26 Å². The Morgan fingerprint density at radius 3 is 2.67 bits per heavy atom. The van der Waals surface area contributed by atoms with Gasteiger partial charge in [-0.1, -0.05) is 19.8 Å². The normalized spacial score (nSPS) is 11.9. The van der Waals surface area contributed by atoms with E-state index in [1.807, 2.05) is 13.8 Å². The Labute approximate surface area is 108 Å². The van der Waals surface area contributed by atoms with E-state index in [-0.39, 0.29) is 6.04 Å². The van der Waals surface area contributed by atoms with Gasteiger partial charge in [0.1, 0.15) is 11.6 Å². The number of hydrogen-bond donors (Lipinski definition) is 2. The molecule has 1 aromatic heterocycles. The van der Waals surface area contributed by atoms with Crippen molar-refractivity contribution < 1.29 is 0 Å². The second kappa shape index (κ2) is 6.92. The van der Waals surface area contributed by atoms with Crippen molar-refractivity contribution in [2.75, 3.05) is 11.9 Å². The Bertz CT molecular complexity index is 436. The lowest BCUT2D eigenvalue weighted by atomic mass is 10.1. The Balaban J connectivity index is 2.90. The highest BCUT2D eigenvalue weighted by atomic mass is 15.2. The molecular weight excluding hydrogens is 226 g/mol. The van der Waals surface area contributed by atoms with Crippen molar-refractivity contribution in [3.63, 3.8) is 0 Å². The average Bonchev–Trinajstić information content (AvgIpc) is 2.38. The van der Waals surface area contributed by atoms with Gasteiger partial charge in [-0.15, -0.1) is 5.10 Å². The number of nitrogens with one attached hydrogen (secondary N) is 1. The summed E-state index contributed by atoms with van der Waals surface area (Å²) in [7, 11) is 0. The molecule has 98 valence electrons.